The Balaban J connectivity index is 1.32. The van der Waals surface area contributed by atoms with E-state index >= 15 is 0 Å². The Morgan fingerprint density at radius 2 is 1.88 bits per heavy atom. The first kappa shape index (κ1) is 22.0. The molecule has 2 heterocycles. The number of benzene rings is 1. The lowest BCUT2D eigenvalue weighted by atomic mass is 10.1. The number of guanidine groups is 1. The molecule has 1 saturated carbocycles. The fraction of sp³-hybridized carbons (Fsp3) is 0.440. The van der Waals surface area contributed by atoms with E-state index in [9.17, 15) is 0 Å². The maximum atomic E-state index is 5.43. The van der Waals surface area contributed by atoms with Gasteiger partial charge in [-0.15, -0.1) is 0 Å². The van der Waals surface area contributed by atoms with Gasteiger partial charge in [0.15, 0.2) is 5.96 Å². The maximum Gasteiger partial charge on any atom is 0.191 e. The summed E-state index contributed by atoms with van der Waals surface area (Å²) in [5.74, 6) is 2.63. The van der Waals surface area contributed by atoms with Crippen LogP contribution >= 0.6 is 0 Å². The van der Waals surface area contributed by atoms with E-state index in [1.54, 1.807) is 13.4 Å². The van der Waals surface area contributed by atoms with E-state index in [0.717, 1.165) is 49.1 Å². The van der Waals surface area contributed by atoms with E-state index < -0.39 is 0 Å². The van der Waals surface area contributed by atoms with Gasteiger partial charge in [0.1, 0.15) is 11.5 Å². The third-order valence-corrected chi connectivity index (χ3v) is 5.87. The molecule has 1 fully saturated rings. The van der Waals surface area contributed by atoms with Gasteiger partial charge < -0.3 is 19.8 Å². The average Bonchev–Trinajstić information content (AvgIpc) is 3.60. The molecule has 2 N–H and O–H groups in total. The standard InChI is InChI=1S/C25H33N5O2/c1-31-23-10-8-20(9-11-23)12-15-26-25(27-16-13-24-7-4-18-32-24)28-19-21-14-17-30(29-21)22-5-2-3-6-22/h4,7-11,14,17-18,22H,2-3,5-6,12-13,15-16,19H2,1H3,(H2,26,27,28). The van der Waals surface area contributed by atoms with Crippen LogP contribution < -0.4 is 15.4 Å². The molecule has 2 aromatic heterocycles. The first-order valence-electron chi connectivity index (χ1n) is 11.5. The Morgan fingerprint density at radius 3 is 2.59 bits per heavy atom. The molecule has 7 heteroatoms. The molecule has 0 saturated heterocycles. The number of aliphatic imine (C=N–C) groups is 1. The largest absolute Gasteiger partial charge is 0.497 e. The smallest absolute Gasteiger partial charge is 0.191 e. The topological polar surface area (TPSA) is 76.6 Å². The lowest BCUT2D eigenvalue weighted by molar-refractivity contribution is 0.414. The van der Waals surface area contributed by atoms with E-state index in [-0.39, 0.29) is 0 Å². The highest BCUT2D eigenvalue weighted by Crippen LogP contribution is 2.28. The summed E-state index contributed by atoms with van der Waals surface area (Å²) in [4.78, 5) is 4.78. The molecule has 0 radical (unpaired) electrons. The minimum absolute atomic E-state index is 0.554. The van der Waals surface area contributed by atoms with Gasteiger partial charge in [0.25, 0.3) is 0 Å². The fourth-order valence-electron chi connectivity index (χ4n) is 4.04. The minimum atomic E-state index is 0.554. The maximum absolute atomic E-state index is 5.43. The van der Waals surface area contributed by atoms with Gasteiger partial charge in [-0.05, 0) is 55.2 Å². The number of hydrogen-bond acceptors (Lipinski definition) is 4. The number of rotatable bonds is 10. The Morgan fingerprint density at radius 1 is 1.09 bits per heavy atom. The van der Waals surface area contributed by atoms with Gasteiger partial charge in [-0.1, -0.05) is 25.0 Å². The molecule has 0 aliphatic heterocycles. The van der Waals surface area contributed by atoms with Crippen LogP contribution in [0.2, 0.25) is 0 Å². The number of nitrogens with one attached hydrogen (secondary N) is 2. The Kier molecular flexibility index (Phi) is 7.84. The molecule has 0 atom stereocenters. The van der Waals surface area contributed by atoms with Crippen molar-refractivity contribution in [1.82, 2.24) is 20.4 Å². The fourth-order valence-corrected chi connectivity index (χ4v) is 4.04. The number of furan rings is 1. The van der Waals surface area contributed by atoms with Gasteiger partial charge in [0.05, 0.1) is 31.7 Å². The minimum Gasteiger partial charge on any atom is -0.497 e. The summed E-state index contributed by atoms with van der Waals surface area (Å²) in [6.45, 7) is 2.09. The Bertz CT molecular complexity index is 957. The summed E-state index contributed by atoms with van der Waals surface area (Å²) in [5, 5.41) is 11.6. The Labute approximate surface area is 189 Å². The summed E-state index contributed by atoms with van der Waals surface area (Å²) in [6, 6.07) is 14.7. The highest BCUT2D eigenvalue weighted by atomic mass is 16.5. The lowest BCUT2D eigenvalue weighted by Crippen LogP contribution is -2.39. The number of hydrogen-bond donors (Lipinski definition) is 2. The van der Waals surface area contributed by atoms with Crippen LogP contribution in [0.15, 0.2) is 64.3 Å². The van der Waals surface area contributed by atoms with Crippen LogP contribution in [0.25, 0.3) is 0 Å². The first-order valence-corrected chi connectivity index (χ1v) is 11.5. The quantitative estimate of drug-likeness (QED) is 0.370. The van der Waals surface area contributed by atoms with Gasteiger partial charge in [0.2, 0.25) is 0 Å². The van der Waals surface area contributed by atoms with Gasteiger partial charge in [-0.3, -0.25) is 4.68 Å². The summed E-state index contributed by atoms with van der Waals surface area (Å²) >= 11 is 0. The molecule has 1 aliphatic carbocycles. The van der Waals surface area contributed by atoms with Crippen LogP contribution in [0.3, 0.4) is 0 Å². The molecule has 0 bridgehead atoms. The predicted molar refractivity (Wildman–Crippen MR) is 126 cm³/mol. The molecule has 0 amide bonds. The predicted octanol–water partition coefficient (Wildman–Crippen LogP) is 4.12. The molecule has 7 nitrogen and oxygen atoms in total. The Hall–Kier alpha value is -3.22. The number of nitrogens with zero attached hydrogens (tertiary/aromatic N) is 3. The number of aromatic nitrogens is 2. The number of methoxy groups -OCH3 is 1. The molecule has 1 aliphatic rings. The van der Waals surface area contributed by atoms with Crippen molar-refractivity contribution in [3.8, 4) is 5.75 Å². The molecule has 0 unspecified atom stereocenters. The van der Waals surface area contributed by atoms with E-state index in [4.69, 9.17) is 19.2 Å². The molecule has 1 aromatic carbocycles. The first-order chi connectivity index (χ1) is 15.8. The van der Waals surface area contributed by atoms with Crippen molar-refractivity contribution >= 4 is 5.96 Å². The third-order valence-electron chi connectivity index (χ3n) is 5.87. The molecule has 32 heavy (non-hydrogen) atoms. The zero-order valence-corrected chi connectivity index (χ0v) is 18.8. The van der Waals surface area contributed by atoms with Crippen LogP contribution in [-0.2, 0) is 19.4 Å². The van der Waals surface area contributed by atoms with Crippen LogP contribution in [0.1, 0.15) is 48.7 Å². The lowest BCUT2D eigenvalue weighted by Gasteiger charge is -2.12. The summed E-state index contributed by atoms with van der Waals surface area (Å²) in [7, 11) is 1.69. The van der Waals surface area contributed by atoms with Crippen molar-refractivity contribution in [2.75, 3.05) is 20.2 Å². The van der Waals surface area contributed by atoms with Crippen molar-refractivity contribution in [3.63, 3.8) is 0 Å². The van der Waals surface area contributed by atoms with Crippen molar-refractivity contribution in [2.45, 2.75) is 51.1 Å². The molecule has 4 rings (SSSR count). The third kappa shape index (κ3) is 6.39. The molecule has 3 aromatic rings. The van der Waals surface area contributed by atoms with Gasteiger partial charge >= 0.3 is 0 Å². The van der Waals surface area contributed by atoms with Crippen LogP contribution in [0.4, 0.5) is 0 Å². The zero-order valence-electron chi connectivity index (χ0n) is 18.8. The normalized spacial score (nSPS) is 14.6. The van der Waals surface area contributed by atoms with Crippen molar-refractivity contribution in [2.24, 2.45) is 4.99 Å². The van der Waals surface area contributed by atoms with E-state index in [1.807, 2.05) is 24.3 Å². The SMILES string of the molecule is COc1ccc(CCNC(=NCc2ccn(C3CCCC3)n2)NCCc2ccco2)cc1. The average molecular weight is 436 g/mol. The van der Waals surface area contributed by atoms with Crippen molar-refractivity contribution in [3.05, 3.63) is 71.9 Å². The summed E-state index contributed by atoms with van der Waals surface area (Å²) in [6.07, 6.45) is 10.6. The van der Waals surface area contributed by atoms with Crippen LogP contribution in [-0.4, -0.2) is 35.9 Å². The van der Waals surface area contributed by atoms with Gasteiger partial charge in [0, 0.05) is 25.7 Å². The number of ether oxygens (including phenoxy) is 1. The monoisotopic (exact) mass is 435 g/mol. The molecular weight excluding hydrogens is 402 g/mol. The highest BCUT2D eigenvalue weighted by Gasteiger charge is 2.17. The zero-order chi connectivity index (χ0) is 22.0. The van der Waals surface area contributed by atoms with E-state index in [2.05, 4.69) is 39.7 Å². The second-order valence-electron chi connectivity index (χ2n) is 8.17. The second kappa shape index (κ2) is 11.4. The van der Waals surface area contributed by atoms with Crippen molar-refractivity contribution in [1.29, 1.82) is 0 Å². The second-order valence-corrected chi connectivity index (χ2v) is 8.17. The molecule has 0 spiro atoms. The van der Waals surface area contributed by atoms with Crippen molar-refractivity contribution < 1.29 is 9.15 Å². The van der Waals surface area contributed by atoms with Gasteiger partial charge in [-0.25, -0.2) is 4.99 Å². The molecule has 170 valence electrons. The van der Waals surface area contributed by atoms with Crippen LogP contribution in [0, 0.1) is 0 Å². The molecular formula is C25H33N5O2. The van der Waals surface area contributed by atoms with E-state index in [1.165, 1.54) is 31.2 Å². The highest BCUT2D eigenvalue weighted by molar-refractivity contribution is 5.79. The summed E-state index contributed by atoms with van der Waals surface area (Å²) in [5.41, 5.74) is 2.25. The van der Waals surface area contributed by atoms with Gasteiger partial charge in [-0.2, -0.15) is 5.10 Å². The van der Waals surface area contributed by atoms with E-state index in [0.29, 0.717) is 12.6 Å². The summed E-state index contributed by atoms with van der Waals surface area (Å²) < 4.78 is 12.8. The van der Waals surface area contributed by atoms with Crippen LogP contribution in [0.5, 0.6) is 5.75 Å².